The van der Waals surface area contributed by atoms with Crippen molar-refractivity contribution in [2.75, 3.05) is 13.6 Å². The third-order valence-electron chi connectivity index (χ3n) is 5.74. The molecule has 0 unspecified atom stereocenters. The summed E-state index contributed by atoms with van der Waals surface area (Å²) in [7, 11) is 1.69. The number of H-pyrrole nitrogens is 1. The number of para-hydroxylation sites is 1. The largest absolute Gasteiger partial charge is 0.354 e. The number of hydrogen-bond acceptors (Lipinski definition) is 1. The molecule has 152 valence electrons. The topological polar surface area (TPSA) is 61.5 Å². The second-order valence-corrected chi connectivity index (χ2v) is 7.66. The van der Waals surface area contributed by atoms with Gasteiger partial charge in [-0.25, -0.2) is 0 Å². The van der Waals surface area contributed by atoms with Gasteiger partial charge in [0.15, 0.2) is 6.04 Å². The molecule has 0 spiro atoms. The lowest BCUT2D eigenvalue weighted by Gasteiger charge is -2.20. The Morgan fingerprint density at radius 3 is 2.27 bits per heavy atom. The quantitative estimate of drug-likeness (QED) is 0.437. The molecule has 0 saturated heterocycles. The van der Waals surface area contributed by atoms with E-state index in [-0.39, 0.29) is 17.9 Å². The summed E-state index contributed by atoms with van der Waals surface area (Å²) in [6, 6.07) is 29.4. The number of carbonyl (C=O) groups is 1. The van der Waals surface area contributed by atoms with Gasteiger partial charge in [-0.3, -0.25) is 4.79 Å². The molecule has 1 heterocycles. The van der Waals surface area contributed by atoms with E-state index in [1.54, 1.807) is 7.05 Å². The molecule has 4 N–H and O–H groups in total. The second-order valence-electron chi connectivity index (χ2n) is 7.66. The number of fused-ring (bicyclic) bond motifs is 1. The maximum Gasteiger partial charge on any atom is 0.277 e. The van der Waals surface area contributed by atoms with Gasteiger partial charge < -0.3 is 15.6 Å². The lowest BCUT2D eigenvalue weighted by Crippen LogP contribution is -2.92. The van der Waals surface area contributed by atoms with Crippen molar-refractivity contribution in [3.63, 3.8) is 0 Å². The molecule has 1 amide bonds. The second kappa shape index (κ2) is 8.97. The molecule has 30 heavy (non-hydrogen) atoms. The van der Waals surface area contributed by atoms with Crippen LogP contribution < -0.4 is 10.6 Å². The molecule has 4 heteroatoms. The Balaban J connectivity index is 1.85. The van der Waals surface area contributed by atoms with Crippen molar-refractivity contribution in [1.29, 1.82) is 0 Å². The zero-order chi connectivity index (χ0) is 20.9. The van der Waals surface area contributed by atoms with Crippen LogP contribution >= 0.6 is 0 Å². The summed E-state index contributed by atoms with van der Waals surface area (Å²) in [6.45, 7) is 2.73. The minimum absolute atomic E-state index is 0.0454. The van der Waals surface area contributed by atoms with Crippen LogP contribution in [0.1, 0.15) is 24.0 Å². The molecule has 0 radical (unpaired) electrons. The number of aromatic amines is 1. The minimum Gasteiger partial charge on any atom is -0.354 e. The molecule has 0 aliphatic rings. The molecule has 4 nitrogen and oxygen atoms in total. The summed E-state index contributed by atoms with van der Waals surface area (Å²) >= 11 is 0. The fraction of sp³-hybridized carbons (Fsp3) is 0.192. The number of rotatable bonds is 7. The summed E-state index contributed by atoms with van der Waals surface area (Å²) in [5.41, 5.74) is 5.98. The van der Waals surface area contributed by atoms with Gasteiger partial charge in [0.1, 0.15) is 0 Å². The van der Waals surface area contributed by atoms with Crippen molar-refractivity contribution in [1.82, 2.24) is 10.3 Å². The van der Waals surface area contributed by atoms with E-state index in [2.05, 4.69) is 88.4 Å². The standard InChI is InChI=1S/C26H27N3O/c1-18(26(30)27-2)28-17-22(19-11-5-3-6-12-19)24-21-15-9-10-16-23(21)29-25(24)20-13-7-4-8-14-20/h3-16,18,22,28-29H,17H2,1-2H3,(H,27,30)/p+1/t18-,22-/m0/s1. The van der Waals surface area contributed by atoms with Gasteiger partial charge in [-0.05, 0) is 29.7 Å². The van der Waals surface area contributed by atoms with Crippen LogP contribution in [-0.2, 0) is 4.79 Å². The molecule has 1 aromatic heterocycles. The first-order valence-corrected chi connectivity index (χ1v) is 10.4. The Hall–Kier alpha value is -3.37. The zero-order valence-electron chi connectivity index (χ0n) is 17.4. The summed E-state index contributed by atoms with van der Waals surface area (Å²) < 4.78 is 0. The molecule has 0 aliphatic carbocycles. The number of quaternary nitrogens is 1. The van der Waals surface area contributed by atoms with Crippen molar-refractivity contribution >= 4 is 16.8 Å². The lowest BCUT2D eigenvalue weighted by atomic mass is 9.87. The van der Waals surface area contributed by atoms with Crippen molar-refractivity contribution < 1.29 is 10.1 Å². The molecular formula is C26H28N3O+. The molecule has 3 aromatic carbocycles. The van der Waals surface area contributed by atoms with E-state index < -0.39 is 0 Å². The number of hydrogen-bond donors (Lipinski definition) is 3. The summed E-state index contributed by atoms with van der Waals surface area (Å²) in [5, 5.41) is 6.11. The van der Waals surface area contributed by atoms with Gasteiger partial charge >= 0.3 is 0 Å². The van der Waals surface area contributed by atoms with Gasteiger partial charge in [0.05, 0.1) is 18.2 Å². The molecule has 4 aromatic rings. The van der Waals surface area contributed by atoms with Crippen LogP contribution in [0.5, 0.6) is 0 Å². The van der Waals surface area contributed by atoms with Crippen LogP contribution in [-0.4, -0.2) is 30.5 Å². The van der Waals surface area contributed by atoms with Crippen LogP contribution in [0.25, 0.3) is 22.2 Å². The monoisotopic (exact) mass is 398 g/mol. The number of aromatic nitrogens is 1. The highest BCUT2D eigenvalue weighted by Gasteiger charge is 2.26. The normalized spacial score (nSPS) is 13.1. The Labute approximate surface area is 177 Å². The fourth-order valence-electron chi connectivity index (χ4n) is 4.14. The number of likely N-dealkylation sites (N-methyl/N-ethyl adjacent to an activating group) is 1. The predicted molar refractivity (Wildman–Crippen MR) is 122 cm³/mol. The fourth-order valence-corrected chi connectivity index (χ4v) is 4.14. The maximum atomic E-state index is 12.1. The van der Waals surface area contributed by atoms with Gasteiger partial charge in [0, 0.05) is 18.0 Å². The van der Waals surface area contributed by atoms with Crippen LogP contribution in [0.15, 0.2) is 84.9 Å². The molecule has 2 atom stereocenters. The van der Waals surface area contributed by atoms with Crippen LogP contribution in [0.3, 0.4) is 0 Å². The van der Waals surface area contributed by atoms with Crippen LogP contribution in [0.4, 0.5) is 0 Å². The van der Waals surface area contributed by atoms with E-state index >= 15 is 0 Å². The van der Waals surface area contributed by atoms with E-state index in [1.807, 2.05) is 19.1 Å². The van der Waals surface area contributed by atoms with E-state index in [0.717, 1.165) is 17.8 Å². The Kier molecular flexibility index (Phi) is 5.96. The number of carbonyl (C=O) groups excluding carboxylic acids is 1. The Bertz CT molecular complexity index is 1120. The first-order valence-electron chi connectivity index (χ1n) is 10.4. The summed E-state index contributed by atoms with van der Waals surface area (Å²) in [5.74, 6) is 0.189. The molecule has 0 fully saturated rings. The van der Waals surface area contributed by atoms with E-state index in [0.29, 0.717) is 0 Å². The number of nitrogens with two attached hydrogens (primary N) is 1. The highest BCUT2D eigenvalue weighted by atomic mass is 16.2. The molecule has 0 aliphatic heterocycles. The number of nitrogens with one attached hydrogen (secondary N) is 2. The van der Waals surface area contributed by atoms with Crippen LogP contribution in [0, 0.1) is 0 Å². The van der Waals surface area contributed by atoms with Gasteiger partial charge in [0.2, 0.25) is 0 Å². The summed E-state index contributed by atoms with van der Waals surface area (Å²) in [6.07, 6.45) is 0. The van der Waals surface area contributed by atoms with Gasteiger partial charge in [-0.1, -0.05) is 78.9 Å². The van der Waals surface area contributed by atoms with Crippen LogP contribution in [0.2, 0.25) is 0 Å². The van der Waals surface area contributed by atoms with Crippen molar-refractivity contribution in [2.24, 2.45) is 0 Å². The third kappa shape index (κ3) is 4.00. The first-order chi connectivity index (χ1) is 14.7. The molecule has 4 rings (SSSR count). The lowest BCUT2D eigenvalue weighted by molar-refractivity contribution is -0.674. The summed E-state index contributed by atoms with van der Waals surface area (Å²) in [4.78, 5) is 15.8. The number of amides is 1. The SMILES string of the molecule is CNC(=O)[C@H](C)[NH2+]C[C@@H](c1ccccc1)c1c(-c2ccccc2)[nH]c2ccccc12. The average molecular weight is 399 g/mol. The van der Waals surface area contributed by atoms with Gasteiger partial charge in [-0.2, -0.15) is 0 Å². The van der Waals surface area contributed by atoms with Crippen molar-refractivity contribution in [3.8, 4) is 11.3 Å². The van der Waals surface area contributed by atoms with Crippen molar-refractivity contribution in [2.45, 2.75) is 18.9 Å². The van der Waals surface area contributed by atoms with Gasteiger partial charge in [-0.15, -0.1) is 0 Å². The van der Waals surface area contributed by atoms with Crippen molar-refractivity contribution in [3.05, 3.63) is 96.1 Å². The molecule has 0 bridgehead atoms. The molecule has 0 saturated carbocycles. The Morgan fingerprint density at radius 2 is 1.57 bits per heavy atom. The third-order valence-corrected chi connectivity index (χ3v) is 5.74. The minimum atomic E-state index is -0.147. The Morgan fingerprint density at radius 1 is 0.933 bits per heavy atom. The van der Waals surface area contributed by atoms with E-state index in [4.69, 9.17) is 0 Å². The smallest absolute Gasteiger partial charge is 0.277 e. The van der Waals surface area contributed by atoms with Gasteiger partial charge in [0.25, 0.3) is 5.91 Å². The zero-order valence-corrected chi connectivity index (χ0v) is 17.4. The predicted octanol–water partition coefficient (Wildman–Crippen LogP) is 3.66. The molecular weight excluding hydrogens is 370 g/mol. The number of benzene rings is 3. The highest BCUT2D eigenvalue weighted by molar-refractivity contribution is 5.92. The maximum absolute atomic E-state index is 12.1. The highest BCUT2D eigenvalue weighted by Crippen LogP contribution is 2.38. The average Bonchev–Trinajstić information content (AvgIpc) is 3.19. The van der Waals surface area contributed by atoms with E-state index in [1.165, 1.54) is 22.1 Å². The van der Waals surface area contributed by atoms with E-state index in [9.17, 15) is 4.79 Å². The first kappa shape index (κ1) is 19.9.